The highest BCUT2D eigenvalue weighted by molar-refractivity contribution is 5.68. The lowest BCUT2D eigenvalue weighted by Gasteiger charge is -2.07. The molecular weight excluding hydrogens is 192 g/mol. The van der Waals surface area contributed by atoms with Crippen molar-refractivity contribution in [2.45, 2.75) is 27.2 Å². The standard InChI is InChI=1S/C16H20/c1-12(2)10-14-6-9-15-7-4-13(3)5-8-16(15)11-14/h4-9,11-13H,10H2,1-3H3. The van der Waals surface area contributed by atoms with Crippen LogP contribution in [0.15, 0.2) is 30.4 Å². The van der Waals surface area contributed by atoms with E-state index in [0.29, 0.717) is 5.92 Å². The summed E-state index contributed by atoms with van der Waals surface area (Å²) in [6.07, 6.45) is 10.2. The Morgan fingerprint density at radius 1 is 1.06 bits per heavy atom. The second kappa shape index (κ2) is 4.69. The maximum atomic E-state index is 2.33. The fraction of sp³-hybridized carbons (Fsp3) is 0.375. The Labute approximate surface area is 98.7 Å². The average Bonchev–Trinajstić information content (AvgIpc) is 2.40. The van der Waals surface area contributed by atoms with E-state index in [2.05, 4.69) is 63.3 Å². The van der Waals surface area contributed by atoms with E-state index in [1.165, 1.54) is 23.1 Å². The first-order valence-electron chi connectivity index (χ1n) is 6.14. The highest BCUT2D eigenvalue weighted by Crippen LogP contribution is 2.22. The minimum atomic E-state index is 0.543. The van der Waals surface area contributed by atoms with Gasteiger partial charge in [0.25, 0.3) is 0 Å². The third-order valence-corrected chi connectivity index (χ3v) is 2.95. The van der Waals surface area contributed by atoms with E-state index in [9.17, 15) is 0 Å². The molecule has 16 heavy (non-hydrogen) atoms. The minimum absolute atomic E-state index is 0.543. The molecule has 84 valence electrons. The molecule has 0 radical (unpaired) electrons. The van der Waals surface area contributed by atoms with Crippen molar-refractivity contribution in [2.75, 3.05) is 0 Å². The van der Waals surface area contributed by atoms with E-state index in [-0.39, 0.29) is 0 Å². The molecule has 0 bridgehead atoms. The molecule has 1 aromatic rings. The van der Waals surface area contributed by atoms with E-state index in [4.69, 9.17) is 0 Å². The van der Waals surface area contributed by atoms with Gasteiger partial charge in [-0.25, -0.2) is 0 Å². The zero-order valence-corrected chi connectivity index (χ0v) is 10.4. The van der Waals surface area contributed by atoms with Crippen molar-refractivity contribution in [1.29, 1.82) is 0 Å². The molecule has 0 saturated heterocycles. The Kier molecular flexibility index (Phi) is 3.28. The number of benzene rings is 1. The van der Waals surface area contributed by atoms with Gasteiger partial charge in [-0.15, -0.1) is 0 Å². The second-order valence-corrected chi connectivity index (χ2v) is 5.14. The van der Waals surface area contributed by atoms with Gasteiger partial charge in [0.2, 0.25) is 0 Å². The molecule has 0 amide bonds. The first-order valence-corrected chi connectivity index (χ1v) is 6.14. The summed E-state index contributed by atoms with van der Waals surface area (Å²) < 4.78 is 0. The quantitative estimate of drug-likeness (QED) is 0.674. The number of hydrogen-bond donors (Lipinski definition) is 0. The van der Waals surface area contributed by atoms with E-state index in [0.717, 1.165) is 5.92 Å². The maximum Gasteiger partial charge on any atom is -0.00752 e. The van der Waals surface area contributed by atoms with Gasteiger partial charge in [-0.05, 0) is 34.9 Å². The highest BCUT2D eigenvalue weighted by Gasteiger charge is 2.04. The van der Waals surface area contributed by atoms with Crippen LogP contribution in [0, 0.1) is 11.8 Å². The van der Waals surface area contributed by atoms with Gasteiger partial charge in [-0.1, -0.05) is 63.3 Å². The van der Waals surface area contributed by atoms with Gasteiger partial charge in [0.1, 0.15) is 0 Å². The number of allylic oxidation sites excluding steroid dienone is 2. The molecule has 0 nitrogen and oxygen atoms in total. The third-order valence-electron chi connectivity index (χ3n) is 2.95. The van der Waals surface area contributed by atoms with Crippen LogP contribution in [0.5, 0.6) is 0 Å². The first kappa shape index (κ1) is 11.2. The fourth-order valence-corrected chi connectivity index (χ4v) is 2.09. The highest BCUT2D eigenvalue weighted by atomic mass is 14.1. The Morgan fingerprint density at radius 2 is 1.75 bits per heavy atom. The van der Waals surface area contributed by atoms with Gasteiger partial charge in [0.05, 0.1) is 0 Å². The van der Waals surface area contributed by atoms with Crippen LogP contribution in [-0.4, -0.2) is 0 Å². The Bertz CT molecular complexity index is 422. The van der Waals surface area contributed by atoms with Gasteiger partial charge >= 0.3 is 0 Å². The van der Waals surface area contributed by atoms with Gasteiger partial charge in [0, 0.05) is 0 Å². The van der Waals surface area contributed by atoms with Crippen molar-refractivity contribution >= 4 is 12.2 Å². The molecule has 1 unspecified atom stereocenters. The molecule has 0 spiro atoms. The molecule has 1 aliphatic rings. The molecule has 0 aromatic heterocycles. The van der Waals surface area contributed by atoms with E-state index < -0.39 is 0 Å². The maximum absolute atomic E-state index is 2.33. The second-order valence-electron chi connectivity index (χ2n) is 5.14. The molecule has 0 N–H and O–H groups in total. The van der Waals surface area contributed by atoms with Crippen LogP contribution >= 0.6 is 0 Å². The van der Waals surface area contributed by atoms with E-state index in [1.54, 1.807) is 0 Å². The van der Waals surface area contributed by atoms with Crippen molar-refractivity contribution in [2.24, 2.45) is 11.8 Å². The molecule has 0 aliphatic heterocycles. The topological polar surface area (TPSA) is 0 Å². The predicted octanol–water partition coefficient (Wildman–Crippen LogP) is 4.56. The number of rotatable bonds is 2. The van der Waals surface area contributed by atoms with Gasteiger partial charge in [0.15, 0.2) is 0 Å². The lowest BCUT2D eigenvalue weighted by molar-refractivity contribution is 0.647. The van der Waals surface area contributed by atoms with Gasteiger partial charge in [-0.2, -0.15) is 0 Å². The predicted molar refractivity (Wildman–Crippen MR) is 72.2 cm³/mol. The van der Waals surface area contributed by atoms with Crippen LogP contribution in [-0.2, 0) is 6.42 Å². The van der Waals surface area contributed by atoms with Crippen LogP contribution < -0.4 is 0 Å². The molecule has 1 aromatic carbocycles. The van der Waals surface area contributed by atoms with E-state index >= 15 is 0 Å². The van der Waals surface area contributed by atoms with Crippen LogP contribution in [0.2, 0.25) is 0 Å². The Morgan fingerprint density at radius 3 is 2.44 bits per heavy atom. The summed E-state index contributed by atoms with van der Waals surface area (Å²) in [5.41, 5.74) is 4.15. The average molecular weight is 212 g/mol. The van der Waals surface area contributed by atoms with Crippen LogP contribution in [0.25, 0.3) is 12.2 Å². The van der Waals surface area contributed by atoms with Crippen molar-refractivity contribution in [3.05, 3.63) is 47.0 Å². The summed E-state index contributed by atoms with van der Waals surface area (Å²) in [7, 11) is 0. The number of hydrogen-bond acceptors (Lipinski definition) is 0. The lowest BCUT2D eigenvalue weighted by atomic mass is 9.98. The zero-order chi connectivity index (χ0) is 11.5. The van der Waals surface area contributed by atoms with Crippen molar-refractivity contribution in [1.82, 2.24) is 0 Å². The summed E-state index contributed by atoms with van der Waals surface area (Å²) in [5.74, 6) is 1.27. The van der Waals surface area contributed by atoms with Crippen molar-refractivity contribution in [3.8, 4) is 0 Å². The van der Waals surface area contributed by atoms with Crippen molar-refractivity contribution in [3.63, 3.8) is 0 Å². The van der Waals surface area contributed by atoms with Crippen LogP contribution in [0.1, 0.15) is 37.5 Å². The number of fused-ring (bicyclic) bond motifs is 1. The largest absolute Gasteiger partial charge is 0.0773 e. The summed E-state index contributed by atoms with van der Waals surface area (Å²) >= 11 is 0. The smallest absolute Gasteiger partial charge is 0.00752 e. The summed E-state index contributed by atoms with van der Waals surface area (Å²) in [6, 6.07) is 6.83. The normalized spacial score (nSPS) is 18.6. The molecular formula is C16H20. The summed E-state index contributed by atoms with van der Waals surface area (Å²) in [6.45, 7) is 6.75. The fourth-order valence-electron chi connectivity index (χ4n) is 2.09. The molecule has 0 saturated carbocycles. The van der Waals surface area contributed by atoms with Gasteiger partial charge < -0.3 is 0 Å². The third kappa shape index (κ3) is 2.63. The SMILES string of the molecule is CC1C=Cc2ccc(CC(C)C)cc2C=C1. The molecule has 2 rings (SSSR count). The van der Waals surface area contributed by atoms with E-state index in [1.807, 2.05) is 0 Å². The van der Waals surface area contributed by atoms with Crippen LogP contribution in [0.4, 0.5) is 0 Å². The molecule has 0 heterocycles. The summed E-state index contributed by atoms with van der Waals surface area (Å²) in [5, 5.41) is 0. The molecule has 0 heteroatoms. The summed E-state index contributed by atoms with van der Waals surface area (Å²) in [4.78, 5) is 0. The molecule has 0 fully saturated rings. The Hall–Kier alpha value is -1.30. The van der Waals surface area contributed by atoms with Crippen LogP contribution in [0.3, 0.4) is 0 Å². The van der Waals surface area contributed by atoms with Gasteiger partial charge in [-0.3, -0.25) is 0 Å². The monoisotopic (exact) mass is 212 g/mol. The lowest BCUT2D eigenvalue weighted by Crippen LogP contribution is -1.95. The first-order chi connectivity index (χ1) is 7.65. The minimum Gasteiger partial charge on any atom is -0.0773 e. The molecule has 1 atom stereocenters. The Balaban J connectivity index is 2.33. The zero-order valence-electron chi connectivity index (χ0n) is 10.4. The molecule has 1 aliphatic carbocycles. The van der Waals surface area contributed by atoms with Crippen molar-refractivity contribution < 1.29 is 0 Å².